The predicted molar refractivity (Wildman–Crippen MR) is 90.1 cm³/mol. The van der Waals surface area contributed by atoms with Crippen LogP contribution in [0.4, 0.5) is 0 Å². The summed E-state index contributed by atoms with van der Waals surface area (Å²) in [4.78, 5) is 16.6. The Labute approximate surface area is 134 Å². The van der Waals surface area contributed by atoms with Gasteiger partial charge in [-0.1, -0.05) is 42.5 Å². The molecule has 0 aliphatic rings. The molecule has 0 saturated carbocycles. The number of nitrogens with one attached hydrogen (secondary N) is 1. The monoisotopic (exact) mass is 306 g/mol. The number of nitrogens with zero attached hydrogens (tertiary/aromatic N) is 1. The maximum atomic E-state index is 12.4. The number of hydrogen-bond donors (Lipinski definition) is 2. The van der Waals surface area contributed by atoms with Gasteiger partial charge in [-0.25, -0.2) is 0 Å². The van der Waals surface area contributed by atoms with E-state index in [4.69, 9.17) is 5.11 Å². The second-order valence-corrected chi connectivity index (χ2v) is 5.36. The Hall–Kier alpha value is -2.72. The Morgan fingerprint density at radius 2 is 1.74 bits per heavy atom. The molecule has 1 heterocycles. The zero-order valence-corrected chi connectivity index (χ0v) is 12.7. The molecule has 23 heavy (non-hydrogen) atoms. The van der Waals surface area contributed by atoms with Crippen LogP contribution in [0.3, 0.4) is 0 Å². The van der Waals surface area contributed by atoms with E-state index >= 15 is 0 Å². The summed E-state index contributed by atoms with van der Waals surface area (Å²) in [7, 11) is 0. The van der Waals surface area contributed by atoms with Crippen LogP contribution in [-0.4, -0.2) is 22.5 Å². The number of benzene rings is 2. The lowest BCUT2D eigenvalue weighted by atomic mass is 10.1. The maximum Gasteiger partial charge on any atom is 0.252 e. The summed E-state index contributed by atoms with van der Waals surface area (Å²) in [6.07, 6.45) is 2.41. The second kappa shape index (κ2) is 7.03. The summed E-state index contributed by atoms with van der Waals surface area (Å²) in [5.74, 6) is -0.0874. The first-order valence-electron chi connectivity index (χ1n) is 7.58. The van der Waals surface area contributed by atoms with E-state index < -0.39 is 0 Å². The Morgan fingerprint density at radius 1 is 1.00 bits per heavy atom. The fourth-order valence-electron chi connectivity index (χ4n) is 2.52. The number of fused-ring (bicyclic) bond motifs is 1. The van der Waals surface area contributed by atoms with Crippen molar-refractivity contribution < 1.29 is 9.90 Å². The van der Waals surface area contributed by atoms with E-state index in [-0.39, 0.29) is 12.5 Å². The Morgan fingerprint density at radius 3 is 2.52 bits per heavy atom. The molecule has 0 aliphatic carbocycles. The van der Waals surface area contributed by atoms with Gasteiger partial charge in [0, 0.05) is 18.1 Å². The van der Waals surface area contributed by atoms with Gasteiger partial charge in [-0.15, -0.1) is 0 Å². The molecule has 1 aromatic heterocycles. The molecule has 0 atom stereocenters. The standard InChI is InChI=1S/C19H18N2O2/c22-13-15-7-5-14(6-8-15)9-11-21-19(23)17-10-12-20-18-4-2-1-3-16(17)18/h1-8,10,12,22H,9,11,13H2,(H,21,23). The average molecular weight is 306 g/mol. The van der Waals surface area contributed by atoms with E-state index in [2.05, 4.69) is 10.3 Å². The van der Waals surface area contributed by atoms with Crippen LogP contribution in [0.2, 0.25) is 0 Å². The molecular formula is C19H18N2O2. The number of hydrogen-bond acceptors (Lipinski definition) is 3. The number of amides is 1. The van der Waals surface area contributed by atoms with Gasteiger partial charge in [0.2, 0.25) is 0 Å². The molecule has 0 fully saturated rings. The van der Waals surface area contributed by atoms with Crippen molar-refractivity contribution >= 4 is 16.8 Å². The van der Waals surface area contributed by atoms with Crippen molar-refractivity contribution in [3.8, 4) is 0 Å². The van der Waals surface area contributed by atoms with Gasteiger partial charge in [-0.3, -0.25) is 9.78 Å². The fraction of sp³-hybridized carbons (Fsp3) is 0.158. The van der Waals surface area contributed by atoms with E-state index in [1.165, 1.54) is 0 Å². The van der Waals surface area contributed by atoms with Crippen molar-refractivity contribution in [2.24, 2.45) is 0 Å². The third kappa shape index (κ3) is 3.55. The fourth-order valence-corrected chi connectivity index (χ4v) is 2.52. The third-order valence-corrected chi connectivity index (χ3v) is 3.80. The molecule has 0 bridgehead atoms. The smallest absolute Gasteiger partial charge is 0.252 e. The summed E-state index contributed by atoms with van der Waals surface area (Å²) < 4.78 is 0. The molecule has 2 aromatic carbocycles. The largest absolute Gasteiger partial charge is 0.392 e. The van der Waals surface area contributed by atoms with E-state index in [0.717, 1.165) is 28.5 Å². The molecule has 116 valence electrons. The van der Waals surface area contributed by atoms with Gasteiger partial charge in [-0.05, 0) is 29.7 Å². The lowest BCUT2D eigenvalue weighted by Crippen LogP contribution is -2.26. The molecule has 0 radical (unpaired) electrons. The van der Waals surface area contributed by atoms with Crippen LogP contribution in [-0.2, 0) is 13.0 Å². The summed E-state index contributed by atoms with van der Waals surface area (Å²) in [6, 6.07) is 17.1. The first-order chi connectivity index (χ1) is 11.3. The van der Waals surface area contributed by atoms with Gasteiger partial charge < -0.3 is 10.4 Å². The minimum atomic E-state index is -0.0874. The van der Waals surface area contributed by atoms with Crippen molar-refractivity contribution in [3.05, 3.63) is 77.5 Å². The lowest BCUT2D eigenvalue weighted by Gasteiger charge is -2.08. The van der Waals surface area contributed by atoms with Gasteiger partial charge in [-0.2, -0.15) is 0 Å². The minimum Gasteiger partial charge on any atom is -0.392 e. The van der Waals surface area contributed by atoms with Crippen molar-refractivity contribution in [2.75, 3.05) is 6.54 Å². The van der Waals surface area contributed by atoms with Gasteiger partial charge in [0.15, 0.2) is 0 Å². The van der Waals surface area contributed by atoms with Crippen LogP contribution >= 0.6 is 0 Å². The van der Waals surface area contributed by atoms with Crippen LogP contribution in [0, 0.1) is 0 Å². The molecule has 4 heteroatoms. The Bertz CT molecular complexity index is 808. The predicted octanol–water partition coefficient (Wildman–Crippen LogP) is 2.70. The first kappa shape index (κ1) is 15.2. The molecule has 0 saturated heterocycles. The molecule has 2 N–H and O–H groups in total. The molecule has 0 aliphatic heterocycles. The van der Waals surface area contributed by atoms with Crippen LogP contribution < -0.4 is 5.32 Å². The number of carbonyl (C=O) groups excluding carboxylic acids is 1. The number of para-hydroxylation sites is 1. The highest BCUT2D eigenvalue weighted by atomic mass is 16.3. The zero-order chi connectivity index (χ0) is 16.1. The van der Waals surface area contributed by atoms with E-state index in [1.54, 1.807) is 12.3 Å². The number of aliphatic hydroxyl groups is 1. The van der Waals surface area contributed by atoms with Gasteiger partial charge in [0.25, 0.3) is 5.91 Å². The van der Waals surface area contributed by atoms with Crippen LogP contribution in [0.25, 0.3) is 10.9 Å². The topological polar surface area (TPSA) is 62.2 Å². The number of pyridine rings is 1. The van der Waals surface area contributed by atoms with E-state index in [1.807, 2.05) is 48.5 Å². The van der Waals surface area contributed by atoms with Gasteiger partial charge in [0.1, 0.15) is 0 Å². The molecular weight excluding hydrogens is 288 g/mol. The SMILES string of the molecule is O=C(NCCc1ccc(CO)cc1)c1ccnc2ccccc12. The summed E-state index contributed by atoms with van der Waals surface area (Å²) in [5.41, 5.74) is 3.48. The quantitative estimate of drug-likeness (QED) is 0.762. The average Bonchev–Trinajstić information content (AvgIpc) is 2.61. The van der Waals surface area contributed by atoms with Crippen molar-refractivity contribution in [1.82, 2.24) is 10.3 Å². The number of aromatic nitrogens is 1. The van der Waals surface area contributed by atoms with Gasteiger partial charge >= 0.3 is 0 Å². The van der Waals surface area contributed by atoms with Crippen molar-refractivity contribution in [3.63, 3.8) is 0 Å². The normalized spacial score (nSPS) is 10.7. The first-order valence-corrected chi connectivity index (χ1v) is 7.58. The number of carbonyl (C=O) groups is 1. The van der Waals surface area contributed by atoms with Crippen molar-refractivity contribution in [2.45, 2.75) is 13.0 Å². The van der Waals surface area contributed by atoms with E-state index in [0.29, 0.717) is 12.1 Å². The van der Waals surface area contributed by atoms with Gasteiger partial charge in [0.05, 0.1) is 17.7 Å². The highest BCUT2D eigenvalue weighted by Crippen LogP contribution is 2.15. The second-order valence-electron chi connectivity index (χ2n) is 5.36. The zero-order valence-electron chi connectivity index (χ0n) is 12.7. The molecule has 4 nitrogen and oxygen atoms in total. The van der Waals surface area contributed by atoms with Crippen molar-refractivity contribution in [1.29, 1.82) is 0 Å². The highest BCUT2D eigenvalue weighted by Gasteiger charge is 2.09. The number of rotatable bonds is 5. The maximum absolute atomic E-state index is 12.4. The molecule has 1 amide bonds. The summed E-state index contributed by atoms with van der Waals surface area (Å²) in [5, 5.41) is 12.8. The summed E-state index contributed by atoms with van der Waals surface area (Å²) in [6.45, 7) is 0.611. The van der Waals surface area contributed by atoms with Crippen LogP contribution in [0.15, 0.2) is 60.8 Å². The summed E-state index contributed by atoms with van der Waals surface area (Å²) >= 11 is 0. The molecule has 3 rings (SSSR count). The number of aliphatic hydroxyl groups excluding tert-OH is 1. The minimum absolute atomic E-state index is 0.0478. The molecule has 3 aromatic rings. The lowest BCUT2D eigenvalue weighted by molar-refractivity contribution is 0.0955. The molecule has 0 unspecified atom stereocenters. The van der Waals surface area contributed by atoms with Crippen LogP contribution in [0.1, 0.15) is 21.5 Å². The Balaban J connectivity index is 1.64. The third-order valence-electron chi connectivity index (χ3n) is 3.80. The highest BCUT2D eigenvalue weighted by molar-refractivity contribution is 6.05. The van der Waals surface area contributed by atoms with Crippen LogP contribution in [0.5, 0.6) is 0 Å². The van der Waals surface area contributed by atoms with E-state index in [9.17, 15) is 4.79 Å². The Kier molecular flexibility index (Phi) is 4.64. The molecule has 0 spiro atoms.